The molecule has 0 amide bonds. The predicted octanol–water partition coefficient (Wildman–Crippen LogP) is 3.51. The number of hydrogen-bond donors (Lipinski definition) is 1. The first-order chi connectivity index (χ1) is 13.6. The van der Waals surface area contributed by atoms with Gasteiger partial charge in [-0.2, -0.15) is 0 Å². The van der Waals surface area contributed by atoms with E-state index in [2.05, 4.69) is 19.9 Å². The summed E-state index contributed by atoms with van der Waals surface area (Å²) in [6.07, 6.45) is 4.67. The first kappa shape index (κ1) is 17.0. The van der Waals surface area contributed by atoms with Crippen LogP contribution in [0.2, 0.25) is 10.0 Å². The molecule has 0 bridgehead atoms. The van der Waals surface area contributed by atoms with E-state index in [1.165, 1.54) is 0 Å². The van der Waals surface area contributed by atoms with Crippen LogP contribution < -0.4 is 15.2 Å². The molecule has 0 spiro atoms. The number of aromatic nitrogens is 5. The monoisotopic (exact) mass is 414 g/mol. The van der Waals surface area contributed by atoms with Gasteiger partial charge in [0.2, 0.25) is 6.79 Å². The SMILES string of the molecule is Nc1ncn(Cc2c(Cl)cncc2Cl)c2nc(-c3ccc4c(c3)OCO4)nc1-2. The van der Waals surface area contributed by atoms with Crippen LogP contribution in [0.1, 0.15) is 5.56 Å². The van der Waals surface area contributed by atoms with Gasteiger partial charge >= 0.3 is 0 Å². The Bertz CT molecular complexity index is 1160. The fourth-order valence-electron chi connectivity index (χ4n) is 2.99. The molecule has 0 saturated heterocycles. The van der Waals surface area contributed by atoms with Crippen LogP contribution in [0, 0.1) is 0 Å². The Morgan fingerprint density at radius 2 is 1.86 bits per heavy atom. The normalized spacial score (nSPS) is 12.6. The van der Waals surface area contributed by atoms with Gasteiger partial charge in [0.05, 0.1) is 22.9 Å². The van der Waals surface area contributed by atoms with E-state index >= 15 is 0 Å². The Morgan fingerprint density at radius 3 is 2.68 bits per heavy atom. The summed E-state index contributed by atoms with van der Waals surface area (Å²) in [7, 11) is 0. The number of rotatable bonds is 3. The number of anilines is 1. The van der Waals surface area contributed by atoms with Crippen LogP contribution >= 0.6 is 23.2 Å². The maximum atomic E-state index is 6.25. The standard InChI is InChI=1S/C18H12Cl2N6O2/c19-11-4-22-5-12(20)10(11)6-26-7-23-16(21)15-18(26)25-17(24-15)9-1-2-13-14(3-9)28-8-27-13/h1-5,7H,6,8,21H2. The molecule has 0 unspecified atom stereocenters. The van der Waals surface area contributed by atoms with Crippen molar-refractivity contribution in [2.75, 3.05) is 12.5 Å². The van der Waals surface area contributed by atoms with Gasteiger partial charge in [-0.1, -0.05) is 23.2 Å². The van der Waals surface area contributed by atoms with Crippen LogP contribution in [-0.4, -0.2) is 31.3 Å². The van der Waals surface area contributed by atoms with Crippen LogP contribution in [0.4, 0.5) is 5.82 Å². The number of hydrogen-bond acceptors (Lipinski definition) is 7. The average molecular weight is 415 g/mol. The molecule has 140 valence electrons. The third-order valence-corrected chi connectivity index (χ3v) is 5.06. The first-order valence-corrected chi connectivity index (χ1v) is 9.02. The van der Waals surface area contributed by atoms with E-state index in [4.69, 9.17) is 38.4 Å². The van der Waals surface area contributed by atoms with Gasteiger partial charge < -0.3 is 19.8 Å². The van der Waals surface area contributed by atoms with Crippen molar-refractivity contribution in [3.63, 3.8) is 0 Å². The number of nitrogens with two attached hydrogens (primary N) is 1. The smallest absolute Gasteiger partial charge is 0.231 e. The fourth-order valence-corrected chi connectivity index (χ4v) is 3.48. The highest BCUT2D eigenvalue weighted by atomic mass is 35.5. The van der Waals surface area contributed by atoms with Crippen molar-refractivity contribution in [3.05, 3.63) is 52.5 Å². The van der Waals surface area contributed by atoms with Crippen molar-refractivity contribution in [3.8, 4) is 34.4 Å². The van der Waals surface area contributed by atoms with Crippen molar-refractivity contribution in [1.82, 2.24) is 24.5 Å². The number of nitrogen functional groups attached to an aromatic ring is 1. The Morgan fingerprint density at radius 1 is 1.07 bits per heavy atom. The van der Waals surface area contributed by atoms with Crippen molar-refractivity contribution in [1.29, 1.82) is 0 Å². The van der Waals surface area contributed by atoms with E-state index in [0.29, 0.717) is 51.0 Å². The molecule has 0 fully saturated rings. The Labute approximate surface area is 169 Å². The number of pyridine rings is 1. The van der Waals surface area contributed by atoms with Gasteiger partial charge in [-0.3, -0.25) is 4.98 Å². The zero-order valence-corrected chi connectivity index (χ0v) is 15.8. The lowest BCUT2D eigenvalue weighted by molar-refractivity contribution is 0.174. The van der Waals surface area contributed by atoms with Crippen LogP contribution in [0.3, 0.4) is 0 Å². The molecule has 5 rings (SSSR count). The molecule has 0 atom stereocenters. The molecular weight excluding hydrogens is 403 g/mol. The number of benzene rings is 1. The molecule has 1 aromatic carbocycles. The number of halogens is 2. The molecule has 8 nitrogen and oxygen atoms in total. The van der Waals surface area contributed by atoms with E-state index in [1.807, 2.05) is 18.2 Å². The summed E-state index contributed by atoms with van der Waals surface area (Å²) < 4.78 is 12.6. The minimum atomic E-state index is 0.201. The van der Waals surface area contributed by atoms with Crippen LogP contribution in [0.25, 0.3) is 22.9 Å². The Balaban J connectivity index is 1.60. The lowest BCUT2D eigenvalue weighted by atomic mass is 10.2. The average Bonchev–Trinajstić information content (AvgIpc) is 3.33. The topological polar surface area (TPSA) is 101 Å². The van der Waals surface area contributed by atoms with E-state index in [1.54, 1.807) is 23.3 Å². The third-order valence-electron chi connectivity index (χ3n) is 4.40. The maximum absolute atomic E-state index is 6.25. The van der Waals surface area contributed by atoms with E-state index < -0.39 is 0 Å². The molecule has 0 radical (unpaired) electrons. The summed E-state index contributed by atoms with van der Waals surface area (Å²) in [6, 6.07) is 5.53. The number of fused-ring (bicyclic) bond motifs is 2. The molecule has 0 saturated carbocycles. The van der Waals surface area contributed by atoms with Crippen LogP contribution in [0.15, 0.2) is 36.9 Å². The number of nitrogens with zero attached hydrogens (tertiary/aromatic N) is 5. The van der Waals surface area contributed by atoms with Gasteiger partial charge in [0.25, 0.3) is 0 Å². The molecule has 3 aliphatic rings. The van der Waals surface area contributed by atoms with Crippen LogP contribution in [-0.2, 0) is 6.54 Å². The summed E-state index contributed by atoms with van der Waals surface area (Å²) in [4.78, 5) is 17.4. The molecule has 2 N–H and O–H groups in total. The van der Waals surface area contributed by atoms with Crippen molar-refractivity contribution in [2.24, 2.45) is 0 Å². The molecule has 28 heavy (non-hydrogen) atoms. The predicted molar refractivity (Wildman–Crippen MR) is 104 cm³/mol. The highest BCUT2D eigenvalue weighted by molar-refractivity contribution is 6.35. The molecule has 10 heteroatoms. The van der Waals surface area contributed by atoms with Gasteiger partial charge in [-0.25, -0.2) is 15.0 Å². The second kappa shape index (κ2) is 6.50. The van der Waals surface area contributed by atoms with Gasteiger partial charge in [0, 0.05) is 23.5 Å². The van der Waals surface area contributed by atoms with Crippen molar-refractivity contribution >= 4 is 29.0 Å². The molecular formula is C18H12Cl2N6O2. The fraction of sp³-hybridized carbons (Fsp3) is 0.111. The summed E-state index contributed by atoms with van der Waals surface area (Å²) in [6.45, 7) is 0.552. The lowest BCUT2D eigenvalue weighted by Crippen LogP contribution is -2.10. The first-order valence-electron chi connectivity index (χ1n) is 8.26. The quantitative estimate of drug-likeness (QED) is 0.547. The van der Waals surface area contributed by atoms with Gasteiger partial charge in [0.15, 0.2) is 34.7 Å². The highest BCUT2D eigenvalue weighted by Crippen LogP contribution is 2.37. The summed E-state index contributed by atoms with van der Waals surface area (Å²) in [5.41, 5.74) is 8.02. The van der Waals surface area contributed by atoms with Crippen molar-refractivity contribution in [2.45, 2.75) is 6.54 Å². The summed E-state index contributed by atoms with van der Waals surface area (Å²) >= 11 is 12.5. The third kappa shape index (κ3) is 2.78. The second-order valence-corrected chi connectivity index (χ2v) is 6.94. The van der Waals surface area contributed by atoms with Crippen molar-refractivity contribution < 1.29 is 9.47 Å². The Kier molecular flexibility index (Phi) is 3.96. The molecule has 0 aliphatic carbocycles. The minimum Gasteiger partial charge on any atom is -0.454 e. The zero-order valence-electron chi connectivity index (χ0n) is 14.3. The van der Waals surface area contributed by atoms with E-state index in [9.17, 15) is 0 Å². The Hall–Kier alpha value is -3.10. The molecule has 2 aromatic rings. The number of ether oxygens (including phenoxy) is 2. The zero-order chi connectivity index (χ0) is 19.3. The number of imidazole rings is 1. The van der Waals surface area contributed by atoms with Gasteiger partial charge in [0.1, 0.15) is 0 Å². The molecule has 3 aliphatic heterocycles. The summed E-state index contributed by atoms with van der Waals surface area (Å²) in [5.74, 6) is 2.72. The van der Waals surface area contributed by atoms with E-state index in [0.717, 1.165) is 5.56 Å². The second-order valence-electron chi connectivity index (χ2n) is 6.13. The van der Waals surface area contributed by atoms with Crippen LogP contribution in [0.5, 0.6) is 11.5 Å². The van der Waals surface area contributed by atoms with E-state index in [-0.39, 0.29) is 12.6 Å². The lowest BCUT2D eigenvalue weighted by Gasteiger charge is -2.13. The summed E-state index contributed by atoms with van der Waals surface area (Å²) in [5, 5.41) is 0.918. The maximum Gasteiger partial charge on any atom is 0.231 e. The van der Waals surface area contributed by atoms with Gasteiger partial charge in [-0.15, -0.1) is 0 Å². The molecule has 4 heterocycles. The largest absolute Gasteiger partial charge is 0.454 e. The molecule has 1 aromatic heterocycles. The highest BCUT2D eigenvalue weighted by Gasteiger charge is 2.22. The minimum absolute atomic E-state index is 0.201. The van der Waals surface area contributed by atoms with Gasteiger partial charge in [-0.05, 0) is 18.2 Å².